The Balaban J connectivity index is 2.52. The highest BCUT2D eigenvalue weighted by atomic mass is 14.7. The van der Waals surface area contributed by atoms with E-state index in [1.165, 1.54) is 0 Å². The Labute approximate surface area is 111 Å². The molecule has 0 amide bonds. The second-order valence-electron chi connectivity index (χ2n) is 5.44. The van der Waals surface area contributed by atoms with Gasteiger partial charge in [-0.3, -0.25) is 9.98 Å². The fourth-order valence-corrected chi connectivity index (χ4v) is 1.41. The van der Waals surface area contributed by atoms with E-state index in [9.17, 15) is 0 Å². The molecule has 0 atom stereocenters. The first-order valence-electron chi connectivity index (χ1n) is 6.67. The standard InChI is InChI=1S/C16H24N2/c1-13(2)9-17-11-15-5-7-16(8-6-15)12-18-10-14(3)4/h5-8,11-14H,9-10H2,1-4H3. The van der Waals surface area contributed by atoms with E-state index in [1.807, 2.05) is 12.4 Å². The molecule has 0 fully saturated rings. The molecule has 2 nitrogen and oxygen atoms in total. The van der Waals surface area contributed by atoms with Crippen molar-refractivity contribution in [1.29, 1.82) is 0 Å². The molecule has 0 saturated heterocycles. The first-order chi connectivity index (χ1) is 8.58. The summed E-state index contributed by atoms with van der Waals surface area (Å²) in [5, 5.41) is 0. The van der Waals surface area contributed by atoms with Crippen molar-refractivity contribution in [2.24, 2.45) is 21.8 Å². The molecule has 0 aromatic heterocycles. The van der Waals surface area contributed by atoms with Gasteiger partial charge in [0, 0.05) is 25.5 Å². The Morgan fingerprint density at radius 3 is 1.39 bits per heavy atom. The number of hydrogen-bond acceptors (Lipinski definition) is 2. The Bertz CT molecular complexity index is 347. The quantitative estimate of drug-likeness (QED) is 0.679. The van der Waals surface area contributed by atoms with Gasteiger partial charge in [-0.15, -0.1) is 0 Å². The van der Waals surface area contributed by atoms with E-state index in [-0.39, 0.29) is 0 Å². The van der Waals surface area contributed by atoms with E-state index >= 15 is 0 Å². The molecule has 1 rings (SSSR count). The van der Waals surface area contributed by atoms with Crippen molar-refractivity contribution < 1.29 is 0 Å². The first kappa shape index (κ1) is 14.6. The zero-order valence-electron chi connectivity index (χ0n) is 11.9. The van der Waals surface area contributed by atoms with Crippen molar-refractivity contribution in [3.8, 4) is 0 Å². The van der Waals surface area contributed by atoms with Crippen LogP contribution in [0.1, 0.15) is 38.8 Å². The van der Waals surface area contributed by atoms with Gasteiger partial charge < -0.3 is 0 Å². The SMILES string of the molecule is CC(C)CN=Cc1ccc(C=NCC(C)C)cc1. The van der Waals surface area contributed by atoms with Gasteiger partial charge in [0.2, 0.25) is 0 Å². The van der Waals surface area contributed by atoms with Gasteiger partial charge in [0.15, 0.2) is 0 Å². The van der Waals surface area contributed by atoms with Crippen molar-refractivity contribution in [1.82, 2.24) is 0 Å². The molecule has 0 N–H and O–H groups in total. The van der Waals surface area contributed by atoms with Gasteiger partial charge in [0.1, 0.15) is 0 Å². The van der Waals surface area contributed by atoms with E-state index in [2.05, 4.69) is 61.9 Å². The van der Waals surface area contributed by atoms with Crippen molar-refractivity contribution in [3.05, 3.63) is 35.4 Å². The van der Waals surface area contributed by atoms with Crippen molar-refractivity contribution in [2.45, 2.75) is 27.7 Å². The van der Waals surface area contributed by atoms with Gasteiger partial charge in [0.25, 0.3) is 0 Å². The third-order valence-corrected chi connectivity index (χ3v) is 2.36. The van der Waals surface area contributed by atoms with E-state index in [1.54, 1.807) is 0 Å². The van der Waals surface area contributed by atoms with E-state index in [4.69, 9.17) is 0 Å². The summed E-state index contributed by atoms with van der Waals surface area (Å²) < 4.78 is 0. The van der Waals surface area contributed by atoms with Crippen LogP contribution in [0.25, 0.3) is 0 Å². The molecule has 0 aliphatic carbocycles. The lowest BCUT2D eigenvalue weighted by atomic mass is 10.1. The summed E-state index contributed by atoms with van der Waals surface area (Å²) in [5.41, 5.74) is 2.30. The predicted molar refractivity (Wildman–Crippen MR) is 81.0 cm³/mol. The second-order valence-corrected chi connectivity index (χ2v) is 5.44. The molecule has 0 aliphatic heterocycles. The Kier molecular flexibility index (Phi) is 6.34. The first-order valence-corrected chi connectivity index (χ1v) is 6.67. The summed E-state index contributed by atoms with van der Waals surface area (Å²) in [6.45, 7) is 10.5. The fraction of sp³-hybridized carbons (Fsp3) is 0.500. The average molecular weight is 244 g/mol. The van der Waals surface area contributed by atoms with Crippen LogP contribution in [-0.4, -0.2) is 25.5 Å². The van der Waals surface area contributed by atoms with Crippen LogP contribution in [-0.2, 0) is 0 Å². The van der Waals surface area contributed by atoms with Gasteiger partial charge in [-0.1, -0.05) is 52.0 Å². The highest BCUT2D eigenvalue weighted by molar-refractivity contribution is 5.84. The lowest BCUT2D eigenvalue weighted by molar-refractivity contribution is 0.667. The second kappa shape index (κ2) is 7.80. The maximum atomic E-state index is 4.40. The minimum atomic E-state index is 0.615. The summed E-state index contributed by atoms with van der Waals surface area (Å²) in [6, 6.07) is 8.34. The molecule has 0 radical (unpaired) electrons. The number of benzene rings is 1. The van der Waals surface area contributed by atoms with Crippen molar-refractivity contribution >= 4 is 12.4 Å². The van der Waals surface area contributed by atoms with E-state index < -0.39 is 0 Å². The minimum Gasteiger partial charge on any atom is -0.292 e. The Morgan fingerprint density at radius 1 is 0.778 bits per heavy atom. The third-order valence-electron chi connectivity index (χ3n) is 2.36. The molecule has 18 heavy (non-hydrogen) atoms. The number of rotatable bonds is 6. The monoisotopic (exact) mass is 244 g/mol. The zero-order chi connectivity index (χ0) is 13.4. The summed E-state index contributed by atoms with van der Waals surface area (Å²) >= 11 is 0. The van der Waals surface area contributed by atoms with Crippen LogP contribution in [0.4, 0.5) is 0 Å². The van der Waals surface area contributed by atoms with E-state index in [0.717, 1.165) is 24.2 Å². The van der Waals surface area contributed by atoms with Crippen LogP contribution in [0.5, 0.6) is 0 Å². The normalized spacial score (nSPS) is 12.3. The lowest BCUT2D eigenvalue weighted by Gasteiger charge is -1.99. The molecular weight excluding hydrogens is 220 g/mol. The molecule has 0 unspecified atom stereocenters. The largest absolute Gasteiger partial charge is 0.292 e. The molecule has 0 aliphatic rings. The maximum absolute atomic E-state index is 4.40. The summed E-state index contributed by atoms with van der Waals surface area (Å²) in [5.74, 6) is 1.23. The van der Waals surface area contributed by atoms with Gasteiger partial charge in [-0.05, 0) is 23.0 Å². The van der Waals surface area contributed by atoms with E-state index in [0.29, 0.717) is 11.8 Å². The molecule has 1 aromatic rings. The summed E-state index contributed by atoms with van der Waals surface area (Å²) in [6.07, 6.45) is 3.88. The Morgan fingerprint density at radius 2 is 1.11 bits per heavy atom. The molecular formula is C16H24N2. The minimum absolute atomic E-state index is 0.615. The molecule has 0 saturated carbocycles. The van der Waals surface area contributed by atoms with Gasteiger partial charge in [-0.25, -0.2) is 0 Å². The fourth-order valence-electron chi connectivity index (χ4n) is 1.41. The van der Waals surface area contributed by atoms with Crippen molar-refractivity contribution in [3.63, 3.8) is 0 Å². The number of nitrogens with zero attached hydrogens (tertiary/aromatic N) is 2. The molecule has 0 spiro atoms. The molecule has 0 heterocycles. The summed E-state index contributed by atoms with van der Waals surface area (Å²) in [4.78, 5) is 8.79. The van der Waals surface area contributed by atoms with Crippen LogP contribution >= 0.6 is 0 Å². The van der Waals surface area contributed by atoms with Crippen LogP contribution in [0, 0.1) is 11.8 Å². The highest BCUT2D eigenvalue weighted by Crippen LogP contribution is 2.02. The predicted octanol–water partition coefficient (Wildman–Crippen LogP) is 3.84. The average Bonchev–Trinajstić information content (AvgIpc) is 2.30. The summed E-state index contributed by atoms with van der Waals surface area (Å²) in [7, 11) is 0. The molecule has 2 heteroatoms. The maximum Gasteiger partial charge on any atom is 0.0412 e. The van der Waals surface area contributed by atoms with Crippen molar-refractivity contribution in [2.75, 3.05) is 13.1 Å². The van der Waals surface area contributed by atoms with Crippen LogP contribution in [0.15, 0.2) is 34.3 Å². The molecule has 0 bridgehead atoms. The third kappa shape index (κ3) is 6.33. The van der Waals surface area contributed by atoms with Gasteiger partial charge in [0.05, 0.1) is 0 Å². The lowest BCUT2D eigenvalue weighted by Crippen LogP contribution is -1.94. The molecule has 1 aromatic carbocycles. The zero-order valence-corrected chi connectivity index (χ0v) is 11.9. The number of hydrogen-bond donors (Lipinski definition) is 0. The Hall–Kier alpha value is -1.44. The highest BCUT2D eigenvalue weighted by Gasteiger charge is 1.92. The number of aliphatic imine (C=N–C) groups is 2. The van der Waals surface area contributed by atoms with Gasteiger partial charge >= 0.3 is 0 Å². The topological polar surface area (TPSA) is 24.7 Å². The smallest absolute Gasteiger partial charge is 0.0412 e. The van der Waals surface area contributed by atoms with Crippen LogP contribution < -0.4 is 0 Å². The molecule has 98 valence electrons. The van der Waals surface area contributed by atoms with Gasteiger partial charge in [-0.2, -0.15) is 0 Å². The van der Waals surface area contributed by atoms with Crippen LogP contribution in [0.2, 0.25) is 0 Å². The van der Waals surface area contributed by atoms with Crippen LogP contribution in [0.3, 0.4) is 0 Å².